The zero-order valence-electron chi connectivity index (χ0n) is 13.5. The molecule has 1 heterocycles. The number of alkyl halides is 3. The molecule has 0 bridgehead atoms. The van der Waals surface area contributed by atoms with Crippen LogP contribution in [0.3, 0.4) is 0 Å². The van der Waals surface area contributed by atoms with Crippen molar-refractivity contribution in [3.05, 3.63) is 35.7 Å². The van der Waals surface area contributed by atoms with Crippen LogP contribution in [0, 0.1) is 0 Å². The van der Waals surface area contributed by atoms with Crippen molar-refractivity contribution >= 4 is 23.4 Å². The number of hydrogen-bond acceptors (Lipinski definition) is 5. The number of amides is 1. The highest BCUT2D eigenvalue weighted by Crippen LogP contribution is 2.28. The lowest BCUT2D eigenvalue weighted by Gasteiger charge is -2.07. The van der Waals surface area contributed by atoms with Crippen LogP contribution >= 0.6 is 11.8 Å². The van der Waals surface area contributed by atoms with Crippen LogP contribution in [0.1, 0.15) is 31.2 Å². The molecule has 0 radical (unpaired) electrons. The summed E-state index contributed by atoms with van der Waals surface area (Å²) in [4.78, 5) is 11.9. The number of carbonyl (C=O) groups is 1. The second kappa shape index (κ2) is 8.24. The van der Waals surface area contributed by atoms with Gasteiger partial charge in [0.25, 0.3) is 5.82 Å². The van der Waals surface area contributed by atoms with Crippen LogP contribution < -0.4 is 11.2 Å². The molecule has 0 fully saturated rings. The topological polar surface area (TPSA) is 85.8 Å². The minimum Gasteiger partial charge on any atom is -0.335 e. The fraction of sp³-hybridized carbons (Fsp3) is 0.400. The van der Waals surface area contributed by atoms with Gasteiger partial charge in [0.2, 0.25) is 11.1 Å². The third-order valence-corrected chi connectivity index (χ3v) is 4.25. The van der Waals surface area contributed by atoms with E-state index in [1.807, 2.05) is 12.1 Å². The average molecular weight is 373 g/mol. The molecule has 136 valence electrons. The van der Waals surface area contributed by atoms with Gasteiger partial charge in [0, 0.05) is 5.69 Å². The molecule has 1 aromatic heterocycles. The van der Waals surface area contributed by atoms with E-state index in [1.165, 1.54) is 5.56 Å². The molecule has 0 atom stereocenters. The van der Waals surface area contributed by atoms with Crippen molar-refractivity contribution in [2.24, 2.45) is 0 Å². The maximum atomic E-state index is 12.6. The van der Waals surface area contributed by atoms with Crippen LogP contribution in [-0.4, -0.2) is 26.5 Å². The number of nitrogens with zero attached hydrogens (tertiary/aromatic N) is 3. The van der Waals surface area contributed by atoms with Crippen molar-refractivity contribution < 1.29 is 18.0 Å². The van der Waals surface area contributed by atoms with Gasteiger partial charge in [0.15, 0.2) is 0 Å². The van der Waals surface area contributed by atoms with Crippen LogP contribution in [0.4, 0.5) is 18.9 Å². The number of aromatic nitrogens is 3. The van der Waals surface area contributed by atoms with Gasteiger partial charge in [0.1, 0.15) is 0 Å². The van der Waals surface area contributed by atoms with Gasteiger partial charge in [-0.3, -0.25) is 4.79 Å². The second-order valence-corrected chi connectivity index (χ2v) is 6.25. The van der Waals surface area contributed by atoms with Gasteiger partial charge in [-0.15, -0.1) is 10.2 Å². The van der Waals surface area contributed by atoms with Gasteiger partial charge in [-0.25, -0.2) is 4.68 Å². The van der Waals surface area contributed by atoms with Crippen LogP contribution in [0.15, 0.2) is 29.4 Å². The number of thioether (sulfide) groups is 1. The van der Waals surface area contributed by atoms with Gasteiger partial charge in [-0.05, 0) is 30.5 Å². The van der Waals surface area contributed by atoms with Crippen molar-refractivity contribution in [2.45, 2.75) is 37.5 Å². The number of halogens is 3. The Bertz CT molecular complexity index is 715. The molecule has 6 nitrogen and oxygen atoms in total. The summed E-state index contributed by atoms with van der Waals surface area (Å²) in [6.07, 6.45) is -1.50. The number of nitrogens with one attached hydrogen (secondary N) is 1. The highest BCUT2D eigenvalue weighted by molar-refractivity contribution is 7.99. The third kappa shape index (κ3) is 5.38. The van der Waals surface area contributed by atoms with Gasteiger partial charge in [0.05, 0.1) is 5.75 Å². The van der Waals surface area contributed by atoms with E-state index >= 15 is 0 Å². The number of anilines is 1. The molecule has 0 aliphatic heterocycles. The normalized spacial score (nSPS) is 11.5. The Kier molecular flexibility index (Phi) is 6.29. The van der Waals surface area contributed by atoms with Crippen molar-refractivity contribution in [2.75, 3.05) is 16.9 Å². The Hall–Kier alpha value is -2.23. The van der Waals surface area contributed by atoms with Gasteiger partial charge >= 0.3 is 6.18 Å². The zero-order valence-corrected chi connectivity index (χ0v) is 14.3. The Morgan fingerprint density at radius 1 is 1.28 bits per heavy atom. The van der Waals surface area contributed by atoms with Crippen molar-refractivity contribution in [3.8, 4) is 0 Å². The van der Waals surface area contributed by atoms with Crippen LogP contribution in [0.2, 0.25) is 0 Å². The molecule has 2 rings (SSSR count). The lowest BCUT2D eigenvalue weighted by atomic mass is 10.1. The first-order chi connectivity index (χ1) is 11.8. The van der Waals surface area contributed by atoms with Crippen molar-refractivity contribution in [3.63, 3.8) is 0 Å². The Balaban J connectivity index is 1.88. The van der Waals surface area contributed by atoms with Gasteiger partial charge in [-0.1, -0.05) is 37.2 Å². The summed E-state index contributed by atoms with van der Waals surface area (Å²) in [7, 11) is 0. The molecule has 1 amide bonds. The highest BCUT2D eigenvalue weighted by atomic mass is 32.2. The van der Waals surface area contributed by atoms with Gasteiger partial charge in [-0.2, -0.15) is 13.2 Å². The number of hydrogen-bond donors (Lipinski definition) is 2. The van der Waals surface area contributed by atoms with E-state index in [2.05, 4.69) is 22.4 Å². The first-order valence-corrected chi connectivity index (χ1v) is 8.59. The molecule has 0 aliphatic carbocycles. The van der Waals surface area contributed by atoms with E-state index < -0.39 is 12.0 Å². The molecule has 1 aromatic carbocycles. The predicted octanol–water partition coefficient (Wildman–Crippen LogP) is 3.08. The molecule has 0 saturated carbocycles. The van der Waals surface area contributed by atoms with Crippen molar-refractivity contribution in [1.29, 1.82) is 0 Å². The molecular weight excluding hydrogens is 355 g/mol. The smallest absolute Gasteiger partial charge is 0.335 e. The maximum absolute atomic E-state index is 12.6. The monoisotopic (exact) mass is 373 g/mol. The Labute approximate surface area is 147 Å². The van der Waals surface area contributed by atoms with E-state index in [0.717, 1.165) is 31.0 Å². The van der Waals surface area contributed by atoms with E-state index in [4.69, 9.17) is 5.84 Å². The second-order valence-electron chi connectivity index (χ2n) is 5.31. The van der Waals surface area contributed by atoms with E-state index in [9.17, 15) is 18.0 Å². The van der Waals surface area contributed by atoms with Crippen LogP contribution in [0.25, 0.3) is 0 Å². The quantitative estimate of drug-likeness (QED) is 0.575. The molecule has 2 aromatic rings. The first kappa shape index (κ1) is 19.1. The molecular formula is C15H18F3N5OS. The molecule has 0 unspecified atom stereocenters. The number of nitrogens with two attached hydrogens (primary N) is 1. The molecule has 10 heteroatoms. The fourth-order valence-corrected chi connectivity index (χ4v) is 2.69. The number of carbonyl (C=O) groups excluding carboxylic acids is 1. The average Bonchev–Trinajstić information content (AvgIpc) is 2.93. The zero-order chi connectivity index (χ0) is 18.4. The summed E-state index contributed by atoms with van der Waals surface area (Å²) >= 11 is 0.778. The number of nitrogen functional groups attached to an aromatic ring is 1. The summed E-state index contributed by atoms with van der Waals surface area (Å²) in [5.41, 5.74) is 1.81. The van der Waals surface area contributed by atoms with E-state index in [1.54, 1.807) is 12.1 Å². The summed E-state index contributed by atoms with van der Waals surface area (Å²) in [6, 6.07) is 7.45. The van der Waals surface area contributed by atoms with Crippen LogP contribution in [0.5, 0.6) is 0 Å². The SMILES string of the molecule is CCCCc1ccc(NC(=O)CSc2nnc(C(F)(F)F)n2N)cc1. The summed E-state index contributed by atoms with van der Waals surface area (Å²) in [5.74, 6) is 3.49. The summed E-state index contributed by atoms with van der Waals surface area (Å²) in [6.45, 7) is 2.12. The molecule has 0 spiro atoms. The van der Waals surface area contributed by atoms with Crippen molar-refractivity contribution in [1.82, 2.24) is 14.9 Å². The molecule has 25 heavy (non-hydrogen) atoms. The summed E-state index contributed by atoms with van der Waals surface area (Å²) in [5, 5.41) is 8.83. The Morgan fingerprint density at radius 2 is 1.96 bits per heavy atom. The highest BCUT2D eigenvalue weighted by Gasteiger charge is 2.38. The molecule has 3 N–H and O–H groups in total. The number of rotatable bonds is 7. The minimum atomic E-state index is -4.69. The van der Waals surface area contributed by atoms with Crippen LogP contribution in [-0.2, 0) is 17.4 Å². The lowest BCUT2D eigenvalue weighted by Crippen LogP contribution is -2.22. The standard InChI is InChI=1S/C15H18F3N5OS/c1-2-3-4-10-5-7-11(8-6-10)20-12(24)9-25-14-22-21-13(23(14)19)15(16,17)18/h5-8H,2-4,9,19H2,1H3,(H,20,24). The Morgan fingerprint density at radius 3 is 2.52 bits per heavy atom. The number of aryl methyl sites for hydroxylation is 1. The maximum Gasteiger partial charge on any atom is 0.453 e. The molecule has 0 saturated heterocycles. The third-order valence-electron chi connectivity index (χ3n) is 3.31. The largest absolute Gasteiger partial charge is 0.453 e. The summed E-state index contributed by atoms with van der Waals surface area (Å²) < 4.78 is 38.0. The lowest BCUT2D eigenvalue weighted by molar-refractivity contribution is -0.146. The van der Waals surface area contributed by atoms with Gasteiger partial charge < -0.3 is 11.2 Å². The molecule has 0 aliphatic rings. The van der Waals surface area contributed by atoms with E-state index in [-0.39, 0.29) is 16.8 Å². The predicted molar refractivity (Wildman–Crippen MR) is 89.6 cm³/mol. The minimum absolute atomic E-state index is 0.134. The number of benzene rings is 1. The number of unbranched alkanes of at least 4 members (excludes halogenated alkanes) is 1. The fourth-order valence-electron chi connectivity index (χ4n) is 2.03. The first-order valence-electron chi connectivity index (χ1n) is 7.60. The van der Waals surface area contributed by atoms with E-state index in [0.29, 0.717) is 10.4 Å².